The largest absolute Gasteiger partial charge is 0.497 e. The van der Waals surface area contributed by atoms with Crippen LogP contribution < -0.4 is 10.1 Å². The van der Waals surface area contributed by atoms with Crippen molar-refractivity contribution in [3.05, 3.63) is 65.7 Å². The number of benzene rings is 2. The van der Waals surface area contributed by atoms with Gasteiger partial charge in [-0.05, 0) is 30.2 Å². The summed E-state index contributed by atoms with van der Waals surface area (Å²) in [5.41, 5.74) is 1.66. The number of rotatable bonds is 6. The lowest BCUT2D eigenvalue weighted by atomic mass is 9.94. The molecular formula is C19H23NO3. The zero-order valence-electron chi connectivity index (χ0n) is 13.7. The minimum Gasteiger partial charge on any atom is -0.497 e. The van der Waals surface area contributed by atoms with Crippen LogP contribution in [0.2, 0.25) is 0 Å². The van der Waals surface area contributed by atoms with Crippen molar-refractivity contribution in [1.82, 2.24) is 5.32 Å². The molecule has 3 unspecified atom stereocenters. The third-order valence-corrected chi connectivity index (χ3v) is 4.10. The van der Waals surface area contributed by atoms with Crippen molar-refractivity contribution in [2.24, 2.45) is 0 Å². The van der Waals surface area contributed by atoms with Gasteiger partial charge >= 0.3 is 0 Å². The van der Waals surface area contributed by atoms with Crippen LogP contribution in [0.25, 0.3) is 0 Å². The van der Waals surface area contributed by atoms with Gasteiger partial charge < -0.3 is 15.2 Å². The van der Waals surface area contributed by atoms with Crippen LogP contribution in [-0.4, -0.2) is 24.2 Å². The number of nitrogens with one attached hydrogen (secondary N) is 1. The van der Waals surface area contributed by atoms with Crippen molar-refractivity contribution in [3.63, 3.8) is 0 Å². The molecule has 0 aliphatic carbocycles. The van der Waals surface area contributed by atoms with E-state index in [1.54, 1.807) is 31.4 Å². The van der Waals surface area contributed by atoms with Gasteiger partial charge in [-0.1, -0.05) is 49.4 Å². The minimum atomic E-state index is -1.21. The van der Waals surface area contributed by atoms with Crippen molar-refractivity contribution >= 4 is 5.91 Å². The maximum absolute atomic E-state index is 12.3. The number of hydrogen-bond acceptors (Lipinski definition) is 3. The number of carbonyl (C=O) groups is 1. The van der Waals surface area contributed by atoms with E-state index >= 15 is 0 Å². The molecule has 1 amide bonds. The summed E-state index contributed by atoms with van der Waals surface area (Å²) < 4.78 is 5.12. The van der Waals surface area contributed by atoms with Gasteiger partial charge in [0.15, 0.2) is 6.10 Å². The molecule has 122 valence electrons. The van der Waals surface area contributed by atoms with Gasteiger partial charge in [-0.3, -0.25) is 4.79 Å². The number of methoxy groups -OCH3 is 1. The van der Waals surface area contributed by atoms with Crippen molar-refractivity contribution in [2.45, 2.75) is 31.9 Å². The van der Waals surface area contributed by atoms with Crippen LogP contribution in [0.15, 0.2) is 54.6 Å². The Morgan fingerprint density at radius 1 is 1.04 bits per heavy atom. The lowest BCUT2D eigenvalue weighted by molar-refractivity contribution is -0.130. The lowest BCUT2D eigenvalue weighted by Gasteiger charge is -2.23. The third-order valence-electron chi connectivity index (χ3n) is 4.10. The Labute approximate surface area is 137 Å². The first-order chi connectivity index (χ1) is 11.0. The number of carbonyl (C=O) groups excluding carboxylic acids is 1. The average Bonchev–Trinajstić information content (AvgIpc) is 2.61. The number of aliphatic hydroxyl groups is 1. The Morgan fingerprint density at radius 2 is 1.70 bits per heavy atom. The van der Waals surface area contributed by atoms with Gasteiger partial charge in [0.25, 0.3) is 5.91 Å². The first-order valence-electron chi connectivity index (χ1n) is 7.70. The van der Waals surface area contributed by atoms with Gasteiger partial charge in [0, 0.05) is 12.0 Å². The number of amides is 1. The fourth-order valence-electron chi connectivity index (χ4n) is 2.44. The lowest BCUT2D eigenvalue weighted by Crippen LogP contribution is -2.39. The maximum Gasteiger partial charge on any atom is 0.253 e. The van der Waals surface area contributed by atoms with E-state index in [4.69, 9.17) is 4.74 Å². The van der Waals surface area contributed by atoms with Crippen molar-refractivity contribution in [2.75, 3.05) is 7.11 Å². The molecule has 0 saturated carbocycles. The topological polar surface area (TPSA) is 58.6 Å². The van der Waals surface area contributed by atoms with E-state index in [-0.39, 0.29) is 12.0 Å². The summed E-state index contributed by atoms with van der Waals surface area (Å²) in [6.07, 6.45) is -1.21. The molecule has 2 rings (SSSR count). The van der Waals surface area contributed by atoms with Crippen molar-refractivity contribution < 1.29 is 14.6 Å². The standard InChI is InChI=1S/C19H23NO3/c1-13(15-8-5-4-6-9-15)14(2)20-19(22)18(21)16-10-7-11-17(12-16)23-3/h4-14,18,21H,1-3H3,(H,20,22). The van der Waals surface area contributed by atoms with E-state index in [1.807, 2.05) is 37.3 Å². The molecule has 0 saturated heterocycles. The van der Waals surface area contributed by atoms with Gasteiger partial charge in [0.1, 0.15) is 5.75 Å². The molecule has 2 aromatic rings. The molecule has 0 aliphatic heterocycles. The normalized spacial score (nSPS) is 14.6. The van der Waals surface area contributed by atoms with E-state index in [0.29, 0.717) is 11.3 Å². The summed E-state index contributed by atoms with van der Waals surface area (Å²) in [7, 11) is 1.55. The Kier molecular flexibility index (Phi) is 5.77. The van der Waals surface area contributed by atoms with E-state index in [1.165, 1.54) is 0 Å². The molecular weight excluding hydrogens is 290 g/mol. The molecule has 0 bridgehead atoms. The van der Waals surface area contributed by atoms with Crippen LogP contribution in [0.1, 0.15) is 37.0 Å². The molecule has 3 atom stereocenters. The molecule has 2 N–H and O–H groups in total. The SMILES string of the molecule is COc1cccc(C(O)C(=O)NC(C)C(C)c2ccccc2)c1. The monoisotopic (exact) mass is 313 g/mol. The van der Waals surface area contributed by atoms with E-state index in [2.05, 4.69) is 12.2 Å². The van der Waals surface area contributed by atoms with Crippen LogP contribution >= 0.6 is 0 Å². The third kappa shape index (κ3) is 4.33. The molecule has 4 heteroatoms. The molecule has 0 radical (unpaired) electrons. The zero-order valence-corrected chi connectivity index (χ0v) is 13.7. The van der Waals surface area contributed by atoms with Gasteiger partial charge in [-0.15, -0.1) is 0 Å². The van der Waals surface area contributed by atoms with Gasteiger partial charge in [0.05, 0.1) is 7.11 Å². The minimum absolute atomic E-state index is 0.0924. The highest BCUT2D eigenvalue weighted by Crippen LogP contribution is 2.22. The number of aliphatic hydroxyl groups excluding tert-OH is 1. The fraction of sp³-hybridized carbons (Fsp3) is 0.316. The highest BCUT2D eigenvalue weighted by Gasteiger charge is 2.22. The second-order valence-corrected chi connectivity index (χ2v) is 5.68. The number of hydrogen-bond donors (Lipinski definition) is 2. The first kappa shape index (κ1) is 17.0. The Balaban J connectivity index is 2.02. The molecule has 0 heterocycles. The van der Waals surface area contributed by atoms with Crippen LogP contribution in [0, 0.1) is 0 Å². The quantitative estimate of drug-likeness (QED) is 0.862. The summed E-state index contributed by atoms with van der Waals surface area (Å²) in [6.45, 7) is 3.99. The first-order valence-corrected chi connectivity index (χ1v) is 7.70. The second-order valence-electron chi connectivity index (χ2n) is 5.68. The smallest absolute Gasteiger partial charge is 0.253 e. The highest BCUT2D eigenvalue weighted by atomic mass is 16.5. The zero-order chi connectivity index (χ0) is 16.8. The Morgan fingerprint density at radius 3 is 2.35 bits per heavy atom. The summed E-state index contributed by atoms with van der Waals surface area (Å²) >= 11 is 0. The Bertz CT molecular complexity index is 642. The second kappa shape index (κ2) is 7.79. The maximum atomic E-state index is 12.3. The summed E-state index contributed by atoms with van der Waals surface area (Å²) in [6, 6.07) is 16.8. The van der Waals surface area contributed by atoms with E-state index in [9.17, 15) is 9.90 Å². The molecule has 2 aromatic carbocycles. The van der Waals surface area contributed by atoms with Crippen molar-refractivity contribution in [1.29, 1.82) is 0 Å². The van der Waals surface area contributed by atoms with Crippen LogP contribution in [0.5, 0.6) is 5.75 Å². The van der Waals surface area contributed by atoms with Crippen LogP contribution in [0.4, 0.5) is 0 Å². The van der Waals surface area contributed by atoms with Gasteiger partial charge in [-0.25, -0.2) is 0 Å². The summed E-state index contributed by atoms with van der Waals surface area (Å²) in [5.74, 6) is 0.353. The molecule has 23 heavy (non-hydrogen) atoms. The molecule has 0 spiro atoms. The highest BCUT2D eigenvalue weighted by molar-refractivity contribution is 5.82. The number of ether oxygens (including phenoxy) is 1. The summed E-state index contributed by atoms with van der Waals surface area (Å²) in [4.78, 5) is 12.3. The van der Waals surface area contributed by atoms with Crippen LogP contribution in [-0.2, 0) is 4.79 Å². The molecule has 0 aliphatic rings. The van der Waals surface area contributed by atoms with Gasteiger partial charge in [-0.2, -0.15) is 0 Å². The molecule has 0 aromatic heterocycles. The van der Waals surface area contributed by atoms with E-state index in [0.717, 1.165) is 5.56 Å². The average molecular weight is 313 g/mol. The van der Waals surface area contributed by atoms with Gasteiger partial charge in [0.2, 0.25) is 0 Å². The predicted octanol–water partition coefficient (Wildman–Crippen LogP) is 3.04. The van der Waals surface area contributed by atoms with Crippen LogP contribution in [0.3, 0.4) is 0 Å². The summed E-state index contributed by atoms with van der Waals surface area (Å²) in [5, 5.41) is 13.1. The van der Waals surface area contributed by atoms with E-state index < -0.39 is 12.0 Å². The molecule has 4 nitrogen and oxygen atoms in total. The predicted molar refractivity (Wildman–Crippen MR) is 90.4 cm³/mol. The fourth-order valence-corrected chi connectivity index (χ4v) is 2.44. The van der Waals surface area contributed by atoms with Crippen molar-refractivity contribution in [3.8, 4) is 5.75 Å². The Hall–Kier alpha value is -2.33. The molecule has 0 fully saturated rings.